The first-order valence-electron chi connectivity index (χ1n) is 8.91. The molecule has 0 N–H and O–H groups in total. The smallest absolute Gasteiger partial charge is 0.295 e. The Bertz CT molecular complexity index is 1310. The number of nitro groups is 1. The van der Waals surface area contributed by atoms with Crippen LogP contribution in [0.2, 0.25) is 0 Å². The summed E-state index contributed by atoms with van der Waals surface area (Å²) in [5.41, 5.74) is 1.27. The first-order chi connectivity index (χ1) is 14.3. The molecule has 9 nitrogen and oxygen atoms in total. The summed E-state index contributed by atoms with van der Waals surface area (Å²) in [5, 5.41) is 11.2. The van der Waals surface area contributed by atoms with Crippen LogP contribution in [-0.2, 0) is 25.4 Å². The Balaban J connectivity index is 1.77. The topological polar surface area (TPSA) is 107 Å². The van der Waals surface area contributed by atoms with Crippen molar-refractivity contribution in [2.45, 2.75) is 6.54 Å². The largest absolute Gasteiger partial charge is 0.328 e. The number of carbonyl (C=O) groups excluding carboxylic acids is 2. The van der Waals surface area contributed by atoms with Gasteiger partial charge in [-0.2, -0.15) is 0 Å². The van der Waals surface area contributed by atoms with Crippen molar-refractivity contribution in [3.63, 3.8) is 0 Å². The Labute approximate surface area is 174 Å². The maximum Gasteiger partial charge on any atom is 0.328 e. The van der Waals surface area contributed by atoms with E-state index in [1.165, 1.54) is 34.4 Å². The zero-order chi connectivity index (χ0) is 21.6. The van der Waals surface area contributed by atoms with Crippen molar-refractivity contribution in [1.82, 2.24) is 14.0 Å². The number of rotatable bonds is 4. The van der Waals surface area contributed by atoms with Gasteiger partial charge in [-0.1, -0.05) is 30.3 Å². The average molecular weight is 424 g/mol. The molecule has 0 saturated carbocycles. The molecule has 0 unspecified atom stereocenters. The highest BCUT2D eigenvalue weighted by atomic mass is 32.2. The lowest BCUT2D eigenvalue weighted by atomic mass is 10.1. The van der Waals surface area contributed by atoms with E-state index >= 15 is 0 Å². The van der Waals surface area contributed by atoms with Gasteiger partial charge in [-0.25, -0.2) is 4.79 Å². The first-order valence-corrected chi connectivity index (χ1v) is 9.72. The van der Waals surface area contributed by atoms with Gasteiger partial charge in [0, 0.05) is 20.2 Å². The third-order valence-corrected chi connectivity index (χ3v) is 5.87. The van der Waals surface area contributed by atoms with Crippen molar-refractivity contribution < 1.29 is 14.5 Å². The minimum absolute atomic E-state index is 0.0966. The number of aromatic nitrogens is 2. The van der Waals surface area contributed by atoms with Gasteiger partial charge in [0.2, 0.25) is 0 Å². The predicted molar refractivity (Wildman–Crippen MR) is 113 cm³/mol. The van der Waals surface area contributed by atoms with Crippen LogP contribution in [0.1, 0.15) is 11.1 Å². The molecule has 0 bridgehead atoms. The van der Waals surface area contributed by atoms with Gasteiger partial charge in [-0.15, -0.1) is 0 Å². The summed E-state index contributed by atoms with van der Waals surface area (Å²) in [6.45, 7) is 0.122. The molecule has 0 atom stereocenters. The van der Waals surface area contributed by atoms with Crippen molar-refractivity contribution in [1.29, 1.82) is 0 Å². The molecular formula is C20H16N4O5S. The maximum atomic E-state index is 12.8. The van der Waals surface area contributed by atoms with Crippen molar-refractivity contribution >= 4 is 45.7 Å². The lowest BCUT2D eigenvalue weighted by molar-refractivity contribution is -0.385. The summed E-state index contributed by atoms with van der Waals surface area (Å²) in [7, 11) is 3.09. The fourth-order valence-electron chi connectivity index (χ4n) is 3.37. The van der Waals surface area contributed by atoms with Crippen LogP contribution in [0, 0.1) is 10.1 Å². The molecule has 1 aliphatic heterocycles. The fourth-order valence-corrected chi connectivity index (χ4v) is 4.20. The fraction of sp³-hybridized carbons (Fsp3) is 0.150. The van der Waals surface area contributed by atoms with E-state index < -0.39 is 16.1 Å². The molecule has 4 rings (SSSR count). The molecule has 2 amide bonds. The zero-order valence-electron chi connectivity index (χ0n) is 16.1. The molecule has 2 heterocycles. The van der Waals surface area contributed by atoms with Gasteiger partial charge in [-0.05, 0) is 29.5 Å². The number of benzene rings is 2. The SMILES string of the molecule is Cn1c(=O)n(C)c2cc([N+](=O)[O-])c(/C=C3\SC(=O)N(Cc4ccccc4)C3=O)cc21. The van der Waals surface area contributed by atoms with Crippen LogP contribution in [0.15, 0.2) is 52.2 Å². The zero-order valence-corrected chi connectivity index (χ0v) is 16.9. The molecule has 3 aromatic rings. The summed E-state index contributed by atoms with van der Waals surface area (Å²) in [6, 6.07) is 11.9. The van der Waals surface area contributed by atoms with Gasteiger partial charge in [0.05, 0.1) is 33.0 Å². The van der Waals surface area contributed by atoms with E-state index in [4.69, 9.17) is 0 Å². The molecule has 0 aliphatic carbocycles. The number of hydrogen-bond acceptors (Lipinski definition) is 6. The molecule has 2 aromatic carbocycles. The molecule has 1 fully saturated rings. The highest BCUT2D eigenvalue weighted by Gasteiger charge is 2.35. The van der Waals surface area contributed by atoms with E-state index in [1.54, 1.807) is 7.05 Å². The Morgan fingerprint density at radius 1 is 1.03 bits per heavy atom. The van der Waals surface area contributed by atoms with Crippen LogP contribution in [0.3, 0.4) is 0 Å². The molecule has 152 valence electrons. The van der Waals surface area contributed by atoms with E-state index in [0.717, 1.165) is 22.2 Å². The van der Waals surface area contributed by atoms with Gasteiger partial charge < -0.3 is 0 Å². The van der Waals surface area contributed by atoms with Crippen molar-refractivity contribution in [2.24, 2.45) is 14.1 Å². The van der Waals surface area contributed by atoms with Crippen LogP contribution in [0.4, 0.5) is 10.5 Å². The van der Waals surface area contributed by atoms with E-state index in [1.807, 2.05) is 30.3 Å². The van der Waals surface area contributed by atoms with Gasteiger partial charge >= 0.3 is 5.69 Å². The van der Waals surface area contributed by atoms with Gasteiger partial charge in [0.15, 0.2) is 0 Å². The number of hydrogen-bond donors (Lipinski definition) is 0. The third kappa shape index (κ3) is 3.20. The number of imide groups is 1. The average Bonchev–Trinajstić information content (AvgIpc) is 3.10. The third-order valence-electron chi connectivity index (χ3n) is 4.96. The minimum atomic E-state index is -0.572. The summed E-state index contributed by atoms with van der Waals surface area (Å²) < 4.78 is 2.69. The Kier molecular flexibility index (Phi) is 4.78. The van der Waals surface area contributed by atoms with Crippen LogP contribution in [-0.4, -0.2) is 30.1 Å². The maximum absolute atomic E-state index is 12.8. The van der Waals surface area contributed by atoms with E-state index in [-0.39, 0.29) is 28.4 Å². The summed E-state index contributed by atoms with van der Waals surface area (Å²) in [5.74, 6) is -0.509. The van der Waals surface area contributed by atoms with Crippen molar-refractivity contribution in [3.8, 4) is 0 Å². The number of nitro benzene ring substituents is 1. The highest BCUT2D eigenvalue weighted by Crippen LogP contribution is 2.35. The van der Waals surface area contributed by atoms with E-state index in [0.29, 0.717) is 11.0 Å². The van der Waals surface area contributed by atoms with E-state index in [9.17, 15) is 24.5 Å². The number of aryl methyl sites for hydroxylation is 2. The molecule has 30 heavy (non-hydrogen) atoms. The molecule has 0 radical (unpaired) electrons. The minimum Gasteiger partial charge on any atom is -0.295 e. The van der Waals surface area contributed by atoms with Crippen molar-refractivity contribution in [2.75, 3.05) is 0 Å². The van der Waals surface area contributed by atoms with Crippen LogP contribution >= 0.6 is 11.8 Å². The number of nitrogens with zero attached hydrogens (tertiary/aromatic N) is 4. The lowest BCUT2D eigenvalue weighted by Gasteiger charge is -2.12. The second-order valence-electron chi connectivity index (χ2n) is 6.81. The molecule has 10 heteroatoms. The first kappa shape index (κ1) is 19.6. The molecular weight excluding hydrogens is 408 g/mol. The summed E-state index contributed by atoms with van der Waals surface area (Å²) >= 11 is 0.736. The van der Waals surface area contributed by atoms with Gasteiger partial charge in [0.25, 0.3) is 16.8 Å². The van der Waals surface area contributed by atoms with E-state index in [2.05, 4.69) is 0 Å². The lowest BCUT2D eigenvalue weighted by Crippen LogP contribution is -2.27. The number of amides is 2. The van der Waals surface area contributed by atoms with Crippen molar-refractivity contribution in [3.05, 3.63) is 79.1 Å². The quantitative estimate of drug-likeness (QED) is 0.362. The summed E-state index contributed by atoms with van der Waals surface area (Å²) in [6.07, 6.45) is 1.34. The summed E-state index contributed by atoms with van der Waals surface area (Å²) in [4.78, 5) is 49.6. The number of carbonyl (C=O) groups is 2. The number of fused-ring (bicyclic) bond motifs is 1. The highest BCUT2D eigenvalue weighted by molar-refractivity contribution is 8.18. The second-order valence-corrected chi connectivity index (χ2v) is 7.80. The monoisotopic (exact) mass is 424 g/mol. The Hall–Kier alpha value is -3.66. The second kappa shape index (κ2) is 7.30. The van der Waals surface area contributed by atoms with Gasteiger partial charge in [-0.3, -0.25) is 33.7 Å². The molecule has 1 aliphatic rings. The molecule has 1 aromatic heterocycles. The van der Waals surface area contributed by atoms with Crippen LogP contribution < -0.4 is 5.69 Å². The standard InChI is InChI=1S/C20H16N4O5S/c1-21-15-8-13(14(24(28)29)10-16(15)22(2)19(21)26)9-17-18(25)23(20(27)30-17)11-12-6-4-3-5-7-12/h3-10H,11H2,1-2H3/b17-9-. The Morgan fingerprint density at radius 3 is 2.30 bits per heavy atom. The number of imidazole rings is 1. The Morgan fingerprint density at radius 2 is 1.67 bits per heavy atom. The number of thioether (sulfide) groups is 1. The normalized spacial score (nSPS) is 15.5. The van der Waals surface area contributed by atoms with Gasteiger partial charge in [0.1, 0.15) is 0 Å². The van der Waals surface area contributed by atoms with Crippen LogP contribution in [0.5, 0.6) is 0 Å². The molecule has 1 saturated heterocycles. The predicted octanol–water partition coefficient (Wildman–Crippen LogP) is 3.02. The van der Waals surface area contributed by atoms with Crippen LogP contribution in [0.25, 0.3) is 17.1 Å². The molecule has 0 spiro atoms.